The van der Waals surface area contributed by atoms with Crippen molar-refractivity contribution in [2.45, 2.75) is 39.2 Å². The zero-order valence-corrected chi connectivity index (χ0v) is 20.2. The Bertz CT molecular complexity index is 1120. The summed E-state index contributed by atoms with van der Waals surface area (Å²) in [6.07, 6.45) is 0.748. The second-order valence-electron chi connectivity index (χ2n) is 8.72. The predicted octanol–water partition coefficient (Wildman–Crippen LogP) is 4.45. The average molecular weight is 469 g/mol. The molecular weight excluding hydrogens is 440 g/mol. The molecule has 174 valence electrons. The van der Waals surface area contributed by atoms with Gasteiger partial charge in [-0.3, -0.25) is 5.32 Å². The lowest BCUT2D eigenvalue weighted by atomic mass is 9.87. The number of aromatic nitrogens is 3. The maximum absolute atomic E-state index is 12.5. The number of rotatable bonds is 5. The van der Waals surface area contributed by atoms with Crippen LogP contribution in [0.1, 0.15) is 36.9 Å². The number of hydrogen-bond donors (Lipinski definition) is 2. The van der Waals surface area contributed by atoms with Gasteiger partial charge in [-0.05, 0) is 23.1 Å². The van der Waals surface area contributed by atoms with E-state index in [1.807, 2.05) is 24.3 Å². The van der Waals surface area contributed by atoms with Crippen molar-refractivity contribution in [1.82, 2.24) is 15.0 Å². The molecule has 0 fully saturated rings. The van der Waals surface area contributed by atoms with Crippen LogP contribution in [0.2, 0.25) is 0 Å². The quantitative estimate of drug-likeness (QED) is 0.570. The molecule has 3 heterocycles. The van der Waals surface area contributed by atoms with E-state index in [1.165, 1.54) is 24.0 Å². The minimum absolute atomic E-state index is 0.0661. The monoisotopic (exact) mass is 468 g/mol. The molecule has 10 heteroatoms. The molecule has 0 atom stereocenters. The summed E-state index contributed by atoms with van der Waals surface area (Å²) in [6.45, 7) is 7.85. The van der Waals surface area contributed by atoms with Gasteiger partial charge in [0.15, 0.2) is 5.13 Å². The normalized spacial score (nSPS) is 13.3. The van der Waals surface area contributed by atoms with Gasteiger partial charge in [-0.25, -0.2) is 9.78 Å². The van der Waals surface area contributed by atoms with Crippen LogP contribution in [0.15, 0.2) is 30.3 Å². The van der Waals surface area contributed by atoms with E-state index in [0.717, 1.165) is 35.0 Å². The van der Waals surface area contributed by atoms with Gasteiger partial charge in [0.1, 0.15) is 5.82 Å². The van der Waals surface area contributed by atoms with Crippen LogP contribution >= 0.6 is 11.3 Å². The van der Waals surface area contributed by atoms with Gasteiger partial charge in [0.2, 0.25) is 5.88 Å². The first-order valence-corrected chi connectivity index (χ1v) is 11.5. The van der Waals surface area contributed by atoms with E-state index < -0.39 is 0 Å². The standard InChI is InChI=1S/C23H28N6O3S/c1-23(2,3)14-6-8-15(9-7-14)24-20(30)28-22-25-16-10-11-29(13-17(16)33-22)18-12-19(31-4)27-21(26-18)32-5/h6-9,12H,10-11,13H2,1-5H3,(H2,24,25,28,30). The number of nitrogens with one attached hydrogen (secondary N) is 2. The van der Waals surface area contributed by atoms with Gasteiger partial charge in [-0.2, -0.15) is 9.97 Å². The van der Waals surface area contributed by atoms with Gasteiger partial charge in [-0.15, -0.1) is 0 Å². The van der Waals surface area contributed by atoms with Crippen LogP contribution in [0.3, 0.4) is 0 Å². The summed E-state index contributed by atoms with van der Waals surface area (Å²) in [5, 5.41) is 6.30. The molecule has 2 amide bonds. The second kappa shape index (κ2) is 9.22. The highest BCUT2D eigenvalue weighted by molar-refractivity contribution is 7.15. The third-order valence-corrected chi connectivity index (χ3v) is 6.34. The molecular formula is C23H28N6O3S. The Labute approximate surface area is 197 Å². The summed E-state index contributed by atoms with van der Waals surface area (Å²) >= 11 is 1.47. The number of ether oxygens (including phenoxy) is 2. The Morgan fingerprint density at radius 3 is 2.48 bits per heavy atom. The molecule has 0 saturated carbocycles. The van der Waals surface area contributed by atoms with Crippen LogP contribution in [-0.4, -0.2) is 41.7 Å². The van der Waals surface area contributed by atoms with E-state index in [0.29, 0.717) is 17.6 Å². The largest absolute Gasteiger partial charge is 0.481 e. The zero-order valence-electron chi connectivity index (χ0n) is 19.4. The van der Waals surface area contributed by atoms with Gasteiger partial charge >= 0.3 is 12.0 Å². The Hall–Kier alpha value is -3.40. The number of thiazole rings is 1. The molecule has 0 aliphatic carbocycles. The molecule has 9 nitrogen and oxygen atoms in total. The molecule has 2 aromatic heterocycles. The van der Waals surface area contributed by atoms with E-state index in [4.69, 9.17) is 9.47 Å². The van der Waals surface area contributed by atoms with Gasteiger partial charge in [0.05, 0.1) is 26.5 Å². The number of methoxy groups -OCH3 is 2. The van der Waals surface area contributed by atoms with E-state index in [2.05, 4.69) is 51.3 Å². The Morgan fingerprint density at radius 1 is 1.06 bits per heavy atom. The first-order valence-electron chi connectivity index (χ1n) is 10.6. The van der Waals surface area contributed by atoms with E-state index in [9.17, 15) is 4.79 Å². The number of anilines is 3. The zero-order chi connectivity index (χ0) is 23.6. The fourth-order valence-corrected chi connectivity index (χ4v) is 4.53. The maximum atomic E-state index is 12.5. The van der Waals surface area contributed by atoms with Crippen molar-refractivity contribution in [3.05, 3.63) is 46.5 Å². The Kier molecular flexibility index (Phi) is 6.37. The summed E-state index contributed by atoms with van der Waals surface area (Å²) in [5.41, 5.74) is 3.01. The van der Waals surface area contributed by atoms with E-state index in [-0.39, 0.29) is 17.5 Å². The Morgan fingerprint density at radius 2 is 1.82 bits per heavy atom. The third kappa shape index (κ3) is 5.33. The molecule has 0 spiro atoms. The number of benzene rings is 1. The number of carbonyl (C=O) groups is 1. The van der Waals surface area contributed by atoms with Crippen LogP contribution in [0.4, 0.5) is 21.4 Å². The molecule has 0 saturated heterocycles. The maximum Gasteiger partial charge on any atom is 0.325 e. The summed E-state index contributed by atoms with van der Waals surface area (Å²) in [5.74, 6) is 1.17. The molecule has 0 unspecified atom stereocenters. The topological polar surface area (TPSA) is 102 Å². The van der Waals surface area contributed by atoms with Crippen LogP contribution in [0, 0.1) is 0 Å². The molecule has 4 rings (SSSR count). The summed E-state index contributed by atoms with van der Waals surface area (Å²) in [6, 6.07) is 9.62. The average Bonchev–Trinajstić information content (AvgIpc) is 3.19. The van der Waals surface area contributed by atoms with Crippen molar-refractivity contribution >= 4 is 34.0 Å². The molecule has 1 aliphatic heterocycles. The first-order chi connectivity index (χ1) is 15.7. The van der Waals surface area contributed by atoms with Crippen LogP contribution in [0.25, 0.3) is 0 Å². The SMILES string of the molecule is COc1cc(N2CCc3nc(NC(=O)Nc4ccc(C(C)(C)C)cc4)sc3C2)nc(OC)n1. The summed E-state index contributed by atoms with van der Waals surface area (Å²) < 4.78 is 10.4. The highest BCUT2D eigenvalue weighted by Gasteiger charge is 2.23. The lowest BCUT2D eigenvalue weighted by molar-refractivity contribution is 0.262. The molecule has 0 bridgehead atoms. The first kappa shape index (κ1) is 22.8. The fourth-order valence-electron chi connectivity index (χ4n) is 3.51. The minimum atomic E-state index is -0.313. The number of carbonyl (C=O) groups excluding carboxylic acids is 1. The molecule has 33 heavy (non-hydrogen) atoms. The Balaban J connectivity index is 1.41. The molecule has 2 N–H and O–H groups in total. The fraction of sp³-hybridized carbons (Fsp3) is 0.391. The van der Waals surface area contributed by atoms with Gasteiger partial charge in [-0.1, -0.05) is 44.2 Å². The van der Waals surface area contributed by atoms with Crippen LogP contribution in [0.5, 0.6) is 11.9 Å². The number of amides is 2. The van der Waals surface area contributed by atoms with Crippen LogP contribution < -0.4 is 25.0 Å². The number of nitrogens with zero attached hydrogens (tertiary/aromatic N) is 4. The van der Waals surface area contributed by atoms with Crippen LogP contribution in [-0.2, 0) is 18.4 Å². The van der Waals surface area contributed by atoms with E-state index in [1.54, 1.807) is 13.2 Å². The lowest BCUT2D eigenvalue weighted by Gasteiger charge is -2.27. The van der Waals surface area contributed by atoms with Gasteiger partial charge in [0.25, 0.3) is 0 Å². The third-order valence-electron chi connectivity index (χ3n) is 5.34. The summed E-state index contributed by atoms with van der Waals surface area (Å²) in [7, 11) is 3.09. The second-order valence-corrected chi connectivity index (χ2v) is 9.81. The highest BCUT2D eigenvalue weighted by Crippen LogP contribution is 2.32. The molecule has 0 radical (unpaired) electrons. The molecule has 3 aromatic rings. The highest BCUT2D eigenvalue weighted by atomic mass is 32.1. The van der Waals surface area contributed by atoms with Gasteiger partial charge < -0.3 is 19.7 Å². The van der Waals surface area contributed by atoms with Crippen molar-refractivity contribution in [2.24, 2.45) is 0 Å². The minimum Gasteiger partial charge on any atom is -0.481 e. The van der Waals surface area contributed by atoms with Crippen molar-refractivity contribution in [1.29, 1.82) is 0 Å². The smallest absolute Gasteiger partial charge is 0.325 e. The predicted molar refractivity (Wildman–Crippen MR) is 130 cm³/mol. The molecule has 1 aromatic carbocycles. The number of urea groups is 1. The van der Waals surface area contributed by atoms with Crippen molar-refractivity contribution in [3.8, 4) is 11.9 Å². The van der Waals surface area contributed by atoms with Crippen molar-refractivity contribution in [2.75, 3.05) is 36.3 Å². The van der Waals surface area contributed by atoms with Gasteiger partial charge in [0, 0.05) is 29.6 Å². The lowest BCUT2D eigenvalue weighted by Crippen LogP contribution is -2.30. The summed E-state index contributed by atoms with van der Waals surface area (Å²) in [4.78, 5) is 28.9. The van der Waals surface area contributed by atoms with E-state index >= 15 is 0 Å². The van der Waals surface area contributed by atoms with Crippen molar-refractivity contribution < 1.29 is 14.3 Å². The number of fused-ring (bicyclic) bond motifs is 1. The van der Waals surface area contributed by atoms with Crippen molar-refractivity contribution in [3.63, 3.8) is 0 Å². The number of hydrogen-bond acceptors (Lipinski definition) is 8. The molecule has 1 aliphatic rings.